The highest BCUT2D eigenvalue weighted by atomic mass is 32.2. The van der Waals surface area contributed by atoms with E-state index in [4.69, 9.17) is 24.1 Å². The number of carbonyl (C=O) groups is 3. The highest BCUT2D eigenvalue weighted by Crippen LogP contribution is 2.41. The second-order valence-electron chi connectivity index (χ2n) is 8.57. The summed E-state index contributed by atoms with van der Waals surface area (Å²) in [5.41, 5.74) is 8.81. The first-order valence-electron chi connectivity index (χ1n) is 11.8. The molecule has 5 heterocycles. The van der Waals surface area contributed by atoms with E-state index in [2.05, 4.69) is 20.4 Å². The lowest BCUT2D eigenvalue weighted by Crippen LogP contribution is -2.71. The number of thiazole rings is 2. The summed E-state index contributed by atoms with van der Waals surface area (Å²) in [6, 6.07) is -0.961. The summed E-state index contributed by atoms with van der Waals surface area (Å²) in [6.07, 6.45) is 3.55. The molecule has 17 heteroatoms. The number of thioether (sulfide) groups is 1. The number of rotatable bonds is 9. The van der Waals surface area contributed by atoms with Crippen molar-refractivity contribution in [1.82, 2.24) is 20.2 Å². The number of hydrogen-bond acceptors (Lipinski definition) is 15. The molecule has 0 aliphatic carbocycles. The molecule has 3 aromatic heterocycles. The van der Waals surface area contributed by atoms with Gasteiger partial charge in [-0.1, -0.05) is 11.2 Å². The largest absolute Gasteiger partial charge is 0.519 e. The van der Waals surface area contributed by atoms with Gasteiger partial charge < -0.3 is 29.5 Å². The standard InChI is InChI=1S/C24H22N6O8S3/c1-10-15(41-9-26-10)5-4-12-7-39-21-17(28-19(31)16(29-35-3)13-8-40-23(25)27-13)20(32)30(21)18(12)22(33)36-6-14-11(2)37-24(34)38-14/h4-5,8-9,17,21H,6-7H2,1-3H3,(H2,25,27)(H,28,31)/t17?,21-/m0/s1. The number of amides is 2. The van der Waals surface area contributed by atoms with Crippen LogP contribution in [0.4, 0.5) is 5.13 Å². The first-order chi connectivity index (χ1) is 19.7. The van der Waals surface area contributed by atoms with Crippen molar-refractivity contribution in [3.63, 3.8) is 0 Å². The Bertz CT molecular complexity index is 1660. The zero-order chi connectivity index (χ0) is 29.3. The number of ether oxygens (including phenoxy) is 1. The number of aromatic nitrogens is 2. The van der Waals surface area contributed by atoms with Crippen LogP contribution in [-0.2, 0) is 30.6 Å². The topological polar surface area (TPSA) is 192 Å². The van der Waals surface area contributed by atoms with Gasteiger partial charge in [0.1, 0.15) is 29.9 Å². The van der Waals surface area contributed by atoms with Crippen molar-refractivity contribution in [3.8, 4) is 0 Å². The summed E-state index contributed by atoms with van der Waals surface area (Å²) < 4.78 is 15.1. The van der Waals surface area contributed by atoms with Gasteiger partial charge >= 0.3 is 11.8 Å². The normalized spacial score (nSPS) is 18.9. The quantitative estimate of drug-likeness (QED) is 0.153. The van der Waals surface area contributed by atoms with Crippen LogP contribution in [0, 0.1) is 13.8 Å². The molecule has 5 rings (SSSR count). The van der Waals surface area contributed by atoms with E-state index in [-0.39, 0.29) is 40.4 Å². The highest BCUT2D eigenvalue weighted by molar-refractivity contribution is 8.00. The van der Waals surface area contributed by atoms with E-state index >= 15 is 0 Å². The minimum atomic E-state index is -0.961. The molecule has 1 unspecified atom stereocenters. The van der Waals surface area contributed by atoms with Crippen molar-refractivity contribution < 1.29 is 32.8 Å². The number of aryl methyl sites for hydroxylation is 2. The van der Waals surface area contributed by atoms with Crippen molar-refractivity contribution in [1.29, 1.82) is 0 Å². The van der Waals surface area contributed by atoms with Gasteiger partial charge in [0, 0.05) is 16.0 Å². The first-order valence-corrected chi connectivity index (χ1v) is 14.6. The number of fused-ring (bicyclic) bond motifs is 1. The minimum absolute atomic E-state index is 0.0178. The summed E-state index contributed by atoms with van der Waals surface area (Å²) in [7, 11) is 1.28. The average molecular weight is 619 g/mol. The summed E-state index contributed by atoms with van der Waals surface area (Å²) >= 11 is 3.92. The van der Waals surface area contributed by atoms with E-state index in [1.165, 1.54) is 42.0 Å². The highest BCUT2D eigenvalue weighted by Gasteiger charge is 2.54. The molecule has 3 N–H and O–H groups in total. The second-order valence-corrected chi connectivity index (χ2v) is 11.5. The zero-order valence-corrected chi connectivity index (χ0v) is 24.2. The van der Waals surface area contributed by atoms with Crippen LogP contribution in [0.5, 0.6) is 0 Å². The van der Waals surface area contributed by atoms with Gasteiger partial charge in [-0.05, 0) is 25.5 Å². The molecule has 2 atom stereocenters. The monoisotopic (exact) mass is 618 g/mol. The summed E-state index contributed by atoms with van der Waals surface area (Å²) in [5, 5.41) is 7.58. The number of carbonyl (C=O) groups excluding carboxylic acids is 3. The fraction of sp³-hybridized carbons (Fsp3) is 0.292. The molecule has 0 radical (unpaired) electrons. The van der Waals surface area contributed by atoms with E-state index in [0.717, 1.165) is 21.9 Å². The lowest BCUT2D eigenvalue weighted by molar-refractivity contribution is -0.153. The van der Waals surface area contributed by atoms with Gasteiger partial charge in [-0.15, -0.1) is 34.4 Å². The average Bonchev–Trinajstić information content (AvgIpc) is 3.65. The number of β-lactam (4-membered cyclic amide) rings is 1. The van der Waals surface area contributed by atoms with Crippen molar-refractivity contribution in [2.45, 2.75) is 31.9 Å². The number of nitrogen functional groups attached to an aromatic ring is 1. The predicted molar refractivity (Wildman–Crippen MR) is 150 cm³/mol. The molecule has 2 aliphatic heterocycles. The number of nitrogens with one attached hydrogen (secondary N) is 1. The third-order valence-corrected chi connectivity index (χ3v) is 8.90. The number of esters is 1. The van der Waals surface area contributed by atoms with Crippen LogP contribution in [0.15, 0.2) is 47.0 Å². The Morgan fingerprint density at radius 2 is 2.07 bits per heavy atom. The number of allylic oxidation sites excluding steroid dienone is 1. The van der Waals surface area contributed by atoms with Crippen LogP contribution in [-0.4, -0.2) is 62.6 Å². The zero-order valence-electron chi connectivity index (χ0n) is 21.7. The molecular formula is C24H22N6O8S3. The van der Waals surface area contributed by atoms with Gasteiger partial charge in [-0.2, -0.15) is 0 Å². The molecule has 0 bridgehead atoms. The minimum Gasteiger partial charge on any atom is -0.453 e. The predicted octanol–water partition coefficient (Wildman–Crippen LogP) is 1.81. The fourth-order valence-electron chi connectivity index (χ4n) is 4.01. The Kier molecular flexibility index (Phi) is 8.09. The molecule has 1 fully saturated rings. The molecule has 41 heavy (non-hydrogen) atoms. The maximum Gasteiger partial charge on any atom is 0.519 e. The SMILES string of the molecule is CON=C(C(=O)NC1C(=O)N2C(C(=O)OCc3oc(=O)oc3C)=C(C=Cc3scnc3C)CS[C@@H]12)c1csc(N)n1. The van der Waals surface area contributed by atoms with E-state index in [1.54, 1.807) is 17.0 Å². The molecule has 0 spiro atoms. The van der Waals surface area contributed by atoms with Gasteiger partial charge in [-0.3, -0.25) is 14.5 Å². The van der Waals surface area contributed by atoms with Gasteiger partial charge in [0.2, 0.25) is 0 Å². The van der Waals surface area contributed by atoms with Gasteiger partial charge in [0.05, 0.1) is 11.2 Å². The summed E-state index contributed by atoms with van der Waals surface area (Å²) in [4.78, 5) is 66.4. The Morgan fingerprint density at radius 1 is 1.27 bits per heavy atom. The first kappa shape index (κ1) is 28.3. The van der Waals surface area contributed by atoms with E-state index in [9.17, 15) is 19.2 Å². The van der Waals surface area contributed by atoms with E-state index in [0.29, 0.717) is 11.3 Å². The van der Waals surface area contributed by atoms with Crippen LogP contribution in [0.1, 0.15) is 27.8 Å². The maximum atomic E-state index is 13.4. The van der Waals surface area contributed by atoms with E-state index < -0.39 is 35.0 Å². The molecular weight excluding hydrogens is 596 g/mol. The van der Waals surface area contributed by atoms with Crippen LogP contribution >= 0.6 is 34.4 Å². The fourth-order valence-corrected chi connectivity index (χ4v) is 6.58. The molecule has 214 valence electrons. The Balaban J connectivity index is 1.39. The number of anilines is 1. The summed E-state index contributed by atoms with van der Waals surface area (Å²) in [5.74, 6) is -2.39. The molecule has 2 aliphatic rings. The molecule has 1 saturated heterocycles. The van der Waals surface area contributed by atoms with Crippen molar-refractivity contribution in [2.75, 3.05) is 18.6 Å². The van der Waals surface area contributed by atoms with Gasteiger partial charge in [0.25, 0.3) is 11.8 Å². The maximum absolute atomic E-state index is 13.4. The van der Waals surface area contributed by atoms with Crippen LogP contribution in [0.25, 0.3) is 6.08 Å². The van der Waals surface area contributed by atoms with Gasteiger partial charge in [-0.25, -0.2) is 19.6 Å². The number of oxime groups is 1. The summed E-state index contributed by atoms with van der Waals surface area (Å²) in [6.45, 7) is 2.98. The molecule has 3 aromatic rings. The molecule has 14 nitrogen and oxygen atoms in total. The van der Waals surface area contributed by atoms with Crippen LogP contribution < -0.4 is 16.9 Å². The van der Waals surface area contributed by atoms with Crippen molar-refractivity contribution in [3.05, 3.63) is 66.6 Å². The Morgan fingerprint density at radius 3 is 2.71 bits per heavy atom. The lowest BCUT2D eigenvalue weighted by Gasteiger charge is -2.49. The number of nitrogens with zero attached hydrogens (tertiary/aromatic N) is 4. The Labute approximate surface area is 243 Å². The second kappa shape index (κ2) is 11.7. The Hall–Kier alpha value is -4.22. The lowest BCUT2D eigenvalue weighted by atomic mass is 10.0. The van der Waals surface area contributed by atoms with Crippen LogP contribution in [0.2, 0.25) is 0 Å². The third-order valence-electron chi connectivity index (χ3n) is 6.03. The number of hydrogen-bond donors (Lipinski definition) is 2. The third kappa shape index (κ3) is 5.68. The van der Waals surface area contributed by atoms with Gasteiger partial charge in [0.15, 0.2) is 29.0 Å². The molecule has 0 aromatic carbocycles. The molecule has 2 amide bonds. The van der Waals surface area contributed by atoms with Crippen molar-refractivity contribution in [2.24, 2.45) is 5.16 Å². The smallest absolute Gasteiger partial charge is 0.453 e. The van der Waals surface area contributed by atoms with Crippen LogP contribution in [0.3, 0.4) is 0 Å². The van der Waals surface area contributed by atoms with Crippen molar-refractivity contribution >= 4 is 69.1 Å². The van der Waals surface area contributed by atoms with E-state index in [1.807, 2.05) is 13.0 Å². The number of nitrogens with two attached hydrogens (primary N) is 1. The molecule has 0 saturated carbocycles.